The van der Waals surface area contributed by atoms with E-state index in [2.05, 4.69) is 29.2 Å². The van der Waals surface area contributed by atoms with Crippen LogP contribution >= 0.6 is 0 Å². The first-order chi connectivity index (χ1) is 10.2. The Bertz CT molecular complexity index is 563. The largest absolute Gasteiger partial charge is 0.313 e. The molecule has 0 aromatic carbocycles. The predicted molar refractivity (Wildman–Crippen MR) is 81.5 cm³/mol. The highest BCUT2D eigenvalue weighted by Crippen LogP contribution is 2.21. The summed E-state index contributed by atoms with van der Waals surface area (Å²) in [6, 6.07) is 4.07. The van der Waals surface area contributed by atoms with E-state index in [9.17, 15) is 4.39 Å². The molecule has 21 heavy (non-hydrogen) atoms. The minimum atomic E-state index is -0.281. The Labute approximate surface area is 125 Å². The molecule has 2 aromatic rings. The van der Waals surface area contributed by atoms with Crippen molar-refractivity contribution in [2.45, 2.75) is 45.2 Å². The zero-order chi connectivity index (χ0) is 15.2. The smallest absolute Gasteiger partial charge is 0.146 e. The summed E-state index contributed by atoms with van der Waals surface area (Å²) in [6.07, 6.45) is 7.67. The van der Waals surface area contributed by atoms with Gasteiger partial charge in [-0.25, -0.2) is 4.39 Å². The Morgan fingerprint density at radius 2 is 2.05 bits per heavy atom. The van der Waals surface area contributed by atoms with Crippen LogP contribution in [-0.4, -0.2) is 21.8 Å². The Kier molecular flexibility index (Phi) is 5.44. The molecule has 4 nitrogen and oxygen atoms in total. The summed E-state index contributed by atoms with van der Waals surface area (Å²) in [5, 5.41) is 7.79. The molecule has 0 bridgehead atoms. The summed E-state index contributed by atoms with van der Waals surface area (Å²) in [7, 11) is 1.84. The van der Waals surface area contributed by atoms with Crippen molar-refractivity contribution >= 4 is 0 Å². The second-order valence-corrected chi connectivity index (χ2v) is 5.20. The second-order valence-electron chi connectivity index (χ2n) is 5.20. The van der Waals surface area contributed by atoms with E-state index in [-0.39, 0.29) is 11.9 Å². The minimum absolute atomic E-state index is 0.0990. The van der Waals surface area contributed by atoms with Crippen molar-refractivity contribution in [3.63, 3.8) is 0 Å². The van der Waals surface area contributed by atoms with E-state index in [4.69, 9.17) is 0 Å². The summed E-state index contributed by atoms with van der Waals surface area (Å²) >= 11 is 0. The van der Waals surface area contributed by atoms with Gasteiger partial charge in [0, 0.05) is 30.4 Å². The van der Waals surface area contributed by atoms with E-state index in [1.807, 2.05) is 24.0 Å². The Hall–Kier alpha value is -1.75. The Balaban J connectivity index is 2.14. The average Bonchev–Trinajstić information content (AvgIpc) is 2.95. The average molecular weight is 290 g/mol. The van der Waals surface area contributed by atoms with Gasteiger partial charge in [-0.1, -0.05) is 13.8 Å². The summed E-state index contributed by atoms with van der Waals surface area (Å²) in [5.74, 6) is -0.281. The fourth-order valence-electron chi connectivity index (χ4n) is 2.60. The van der Waals surface area contributed by atoms with Crippen LogP contribution < -0.4 is 5.32 Å². The quantitative estimate of drug-likeness (QED) is 0.851. The Morgan fingerprint density at radius 1 is 1.29 bits per heavy atom. The number of halogens is 1. The van der Waals surface area contributed by atoms with E-state index in [1.54, 1.807) is 12.3 Å². The lowest BCUT2D eigenvalue weighted by atomic mass is 10.0. The van der Waals surface area contributed by atoms with Crippen LogP contribution in [0.25, 0.3) is 0 Å². The monoisotopic (exact) mass is 290 g/mol. The summed E-state index contributed by atoms with van der Waals surface area (Å²) in [6.45, 7) is 4.33. The molecule has 0 saturated carbocycles. The number of likely N-dealkylation sites (N-methyl/N-ethyl adjacent to an activating group) is 1. The van der Waals surface area contributed by atoms with Crippen LogP contribution in [0.4, 0.5) is 4.39 Å². The van der Waals surface area contributed by atoms with Crippen molar-refractivity contribution in [3.05, 3.63) is 47.8 Å². The van der Waals surface area contributed by atoms with Gasteiger partial charge in [0.25, 0.3) is 0 Å². The fraction of sp³-hybridized carbons (Fsp3) is 0.500. The lowest BCUT2D eigenvalue weighted by Gasteiger charge is -2.16. The van der Waals surface area contributed by atoms with Crippen molar-refractivity contribution in [3.8, 4) is 0 Å². The number of hydrogen-bond acceptors (Lipinski definition) is 3. The van der Waals surface area contributed by atoms with Gasteiger partial charge >= 0.3 is 0 Å². The van der Waals surface area contributed by atoms with Gasteiger partial charge in [0.05, 0.1) is 17.9 Å². The van der Waals surface area contributed by atoms with Crippen LogP contribution in [0.2, 0.25) is 0 Å². The number of nitrogens with zero attached hydrogens (tertiary/aromatic N) is 3. The van der Waals surface area contributed by atoms with E-state index in [1.165, 1.54) is 6.20 Å². The molecule has 1 unspecified atom stereocenters. The highest BCUT2D eigenvalue weighted by atomic mass is 19.1. The maximum atomic E-state index is 13.8. The van der Waals surface area contributed by atoms with Gasteiger partial charge in [0.15, 0.2) is 0 Å². The maximum Gasteiger partial charge on any atom is 0.146 e. The number of aromatic nitrogens is 3. The van der Waals surface area contributed by atoms with Gasteiger partial charge in [-0.3, -0.25) is 9.67 Å². The second kappa shape index (κ2) is 7.31. The third kappa shape index (κ3) is 3.67. The van der Waals surface area contributed by atoms with Gasteiger partial charge < -0.3 is 5.32 Å². The molecule has 0 radical (unpaired) electrons. The molecule has 0 aliphatic carbocycles. The van der Waals surface area contributed by atoms with Crippen LogP contribution in [-0.2, 0) is 6.42 Å². The van der Waals surface area contributed by atoms with Crippen molar-refractivity contribution in [1.82, 2.24) is 20.1 Å². The normalized spacial score (nSPS) is 12.8. The highest BCUT2D eigenvalue weighted by molar-refractivity contribution is 5.19. The number of rotatable bonds is 7. The van der Waals surface area contributed by atoms with Crippen LogP contribution in [0.5, 0.6) is 0 Å². The zero-order valence-electron chi connectivity index (χ0n) is 12.9. The third-order valence-corrected chi connectivity index (χ3v) is 3.92. The standard InChI is InChI=1S/C16H23FN4/c1-4-13(5-2)21-9-7-12(20-21)10-16(18-3)14-6-8-19-11-15(14)17/h6-9,11,13,16,18H,4-5,10H2,1-3H3. The number of pyridine rings is 1. The Morgan fingerprint density at radius 3 is 2.67 bits per heavy atom. The third-order valence-electron chi connectivity index (χ3n) is 3.92. The van der Waals surface area contributed by atoms with Gasteiger partial charge in [-0.05, 0) is 32.0 Å². The number of nitrogens with one attached hydrogen (secondary N) is 1. The molecule has 0 amide bonds. The minimum Gasteiger partial charge on any atom is -0.313 e. The fourth-order valence-corrected chi connectivity index (χ4v) is 2.60. The van der Waals surface area contributed by atoms with Crippen LogP contribution in [0, 0.1) is 5.82 Å². The van der Waals surface area contributed by atoms with Gasteiger partial charge in [0.1, 0.15) is 5.82 Å². The molecule has 2 aromatic heterocycles. The van der Waals surface area contributed by atoms with E-state index in [0.717, 1.165) is 18.5 Å². The first-order valence-corrected chi connectivity index (χ1v) is 7.50. The molecule has 1 atom stereocenters. The topological polar surface area (TPSA) is 42.7 Å². The molecule has 0 fully saturated rings. The van der Waals surface area contributed by atoms with E-state index < -0.39 is 0 Å². The molecule has 2 rings (SSSR count). The van der Waals surface area contributed by atoms with Crippen molar-refractivity contribution in [2.24, 2.45) is 0 Å². The van der Waals surface area contributed by atoms with Gasteiger partial charge in [-0.15, -0.1) is 0 Å². The van der Waals surface area contributed by atoms with Crippen LogP contribution in [0.3, 0.4) is 0 Å². The molecule has 0 aliphatic heterocycles. The molecule has 0 saturated heterocycles. The van der Waals surface area contributed by atoms with Crippen LogP contribution in [0.1, 0.15) is 50.0 Å². The van der Waals surface area contributed by atoms with Crippen molar-refractivity contribution in [1.29, 1.82) is 0 Å². The first kappa shape index (κ1) is 15.6. The van der Waals surface area contributed by atoms with Gasteiger partial charge in [0.2, 0.25) is 0 Å². The predicted octanol–water partition coefficient (Wildman–Crippen LogP) is 3.28. The molecule has 0 spiro atoms. The molecule has 114 valence electrons. The lowest BCUT2D eigenvalue weighted by molar-refractivity contribution is 0.422. The lowest BCUT2D eigenvalue weighted by Crippen LogP contribution is -2.20. The first-order valence-electron chi connectivity index (χ1n) is 7.50. The molecule has 5 heteroatoms. The summed E-state index contributed by atoms with van der Waals surface area (Å²) in [4.78, 5) is 3.80. The number of hydrogen-bond donors (Lipinski definition) is 1. The molecule has 2 heterocycles. The SMILES string of the molecule is CCC(CC)n1ccc(CC(NC)c2ccncc2F)n1. The molecule has 1 N–H and O–H groups in total. The van der Waals surface area contributed by atoms with Gasteiger partial charge in [-0.2, -0.15) is 5.10 Å². The maximum absolute atomic E-state index is 13.8. The van der Waals surface area contributed by atoms with Crippen molar-refractivity contribution in [2.75, 3.05) is 7.05 Å². The molecular formula is C16H23FN4. The van der Waals surface area contributed by atoms with E-state index >= 15 is 0 Å². The molecular weight excluding hydrogens is 267 g/mol. The van der Waals surface area contributed by atoms with Crippen LogP contribution in [0.15, 0.2) is 30.7 Å². The summed E-state index contributed by atoms with van der Waals surface area (Å²) < 4.78 is 15.9. The highest BCUT2D eigenvalue weighted by Gasteiger charge is 2.16. The van der Waals surface area contributed by atoms with E-state index in [0.29, 0.717) is 18.0 Å². The summed E-state index contributed by atoms with van der Waals surface area (Å²) in [5.41, 5.74) is 1.60. The zero-order valence-corrected chi connectivity index (χ0v) is 12.9. The van der Waals surface area contributed by atoms with Crippen molar-refractivity contribution < 1.29 is 4.39 Å². The molecule has 0 aliphatic rings.